The summed E-state index contributed by atoms with van der Waals surface area (Å²) in [6.07, 6.45) is 3.13. The predicted octanol–water partition coefficient (Wildman–Crippen LogP) is 2.05. The minimum Gasteiger partial charge on any atom is -0.399 e. The third-order valence-electron chi connectivity index (χ3n) is 3.94. The summed E-state index contributed by atoms with van der Waals surface area (Å²) in [6.45, 7) is 0. The maximum absolute atomic E-state index is 12.2. The number of nitrogens with one attached hydrogen (secondary N) is 2. The van der Waals surface area contributed by atoms with Crippen LogP contribution in [-0.4, -0.2) is 30.1 Å². The first kappa shape index (κ1) is 13.0. The Morgan fingerprint density at radius 2 is 2.25 bits per heavy atom. The SMILES string of the molecule is COC1CCC(NC(=O)c2cc3cc(N)ccc3[nH]2)C1. The first-order chi connectivity index (χ1) is 9.65. The number of ether oxygens (including phenoxy) is 1. The molecule has 4 N–H and O–H groups in total. The molecule has 1 aromatic carbocycles. The number of aromatic nitrogens is 1. The predicted molar refractivity (Wildman–Crippen MR) is 78.6 cm³/mol. The molecule has 1 aromatic heterocycles. The number of fused-ring (bicyclic) bond motifs is 1. The molecule has 0 radical (unpaired) electrons. The van der Waals surface area contributed by atoms with Crippen molar-refractivity contribution < 1.29 is 9.53 Å². The van der Waals surface area contributed by atoms with Crippen LogP contribution in [0, 0.1) is 0 Å². The quantitative estimate of drug-likeness (QED) is 0.749. The van der Waals surface area contributed by atoms with Gasteiger partial charge in [-0.1, -0.05) is 0 Å². The minimum absolute atomic E-state index is 0.0680. The number of aromatic amines is 1. The molecule has 1 aliphatic rings. The average Bonchev–Trinajstić information content (AvgIpc) is 3.04. The molecule has 2 unspecified atom stereocenters. The number of methoxy groups -OCH3 is 1. The van der Waals surface area contributed by atoms with Crippen LogP contribution in [0.2, 0.25) is 0 Å². The Morgan fingerprint density at radius 3 is 3.00 bits per heavy atom. The smallest absolute Gasteiger partial charge is 0.267 e. The Kier molecular flexibility index (Phi) is 3.36. The number of carbonyl (C=O) groups excluding carboxylic acids is 1. The fourth-order valence-electron chi connectivity index (χ4n) is 2.82. The van der Waals surface area contributed by atoms with Crippen LogP contribution in [0.25, 0.3) is 10.9 Å². The summed E-state index contributed by atoms with van der Waals surface area (Å²) in [5.41, 5.74) is 7.94. The van der Waals surface area contributed by atoms with Crippen LogP contribution >= 0.6 is 0 Å². The average molecular weight is 273 g/mol. The van der Waals surface area contributed by atoms with Gasteiger partial charge in [0, 0.05) is 29.7 Å². The van der Waals surface area contributed by atoms with E-state index in [0.717, 1.165) is 30.2 Å². The molecular formula is C15H19N3O2. The number of rotatable bonds is 3. The monoisotopic (exact) mass is 273 g/mol. The van der Waals surface area contributed by atoms with Crippen molar-refractivity contribution in [3.8, 4) is 0 Å². The molecular weight excluding hydrogens is 254 g/mol. The van der Waals surface area contributed by atoms with Crippen molar-refractivity contribution in [3.05, 3.63) is 30.0 Å². The van der Waals surface area contributed by atoms with Crippen LogP contribution < -0.4 is 11.1 Å². The number of anilines is 1. The van der Waals surface area contributed by atoms with Gasteiger partial charge in [0.25, 0.3) is 5.91 Å². The molecule has 5 nitrogen and oxygen atoms in total. The molecule has 0 aliphatic heterocycles. The molecule has 1 saturated carbocycles. The molecule has 1 amide bonds. The Bertz CT molecular complexity index is 635. The first-order valence-electron chi connectivity index (χ1n) is 6.87. The van der Waals surface area contributed by atoms with Gasteiger partial charge in [0.05, 0.1) is 6.10 Å². The lowest BCUT2D eigenvalue weighted by Crippen LogP contribution is -2.33. The molecule has 2 atom stereocenters. The Labute approximate surface area is 117 Å². The molecule has 3 rings (SSSR count). The summed E-state index contributed by atoms with van der Waals surface area (Å²) in [5, 5.41) is 4.01. The second-order valence-electron chi connectivity index (χ2n) is 5.37. The van der Waals surface area contributed by atoms with Crippen molar-refractivity contribution in [1.82, 2.24) is 10.3 Å². The number of carbonyl (C=O) groups is 1. The zero-order chi connectivity index (χ0) is 14.1. The van der Waals surface area contributed by atoms with E-state index in [4.69, 9.17) is 10.5 Å². The number of nitrogen functional groups attached to an aromatic ring is 1. The molecule has 1 aliphatic carbocycles. The maximum atomic E-state index is 12.2. The third kappa shape index (κ3) is 2.49. The number of hydrogen-bond donors (Lipinski definition) is 3. The maximum Gasteiger partial charge on any atom is 0.267 e. The lowest BCUT2D eigenvalue weighted by molar-refractivity contribution is 0.0911. The number of H-pyrrole nitrogens is 1. The molecule has 5 heteroatoms. The van der Waals surface area contributed by atoms with Gasteiger partial charge in [-0.3, -0.25) is 4.79 Å². The van der Waals surface area contributed by atoms with Crippen LogP contribution in [0.5, 0.6) is 0 Å². The van der Waals surface area contributed by atoms with Gasteiger partial charge in [0.2, 0.25) is 0 Å². The van der Waals surface area contributed by atoms with Gasteiger partial charge in [0.1, 0.15) is 5.69 Å². The topological polar surface area (TPSA) is 80.1 Å². The van der Waals surface area contributed by atoms with E-state index in [-0.39, 0.29) is 18.1 Å². The van der Waals surface area contributed by atoms with Gasteiger partial charge < -0.3 is 20.8 Å². The summed E-state index contributed by atoms with van der Waals surface area (Å²) in [4.78, 5) is 15.4. The van der Waals surface area contributed by atoms with Gasteiger partial charge in [0.15, 0.2) is 0 Å². The van der Waals surface area contributed by atoms with Gasteiger partial charge >= 0.3 is 0 Å². The Hall–Kier alpha value is -2.01. The zero-order valence-electron chi connectivity index (χ0n) is 11.5. The number of hydrogen-bond acceptors (Lipinski definition) is 3. The normalized spacial score (nSPS) is 22.2. The summed E-state index contributed by atoms with van der Waals surface area (Å²) in [6, 6.07) is 7.60. The highest BCUT2D eigenvalue weighted by atomic mass is 16.5. The van der Waals surface area contributed by atoms with Crippen LogP contribution in [0.3, 0.4) is 0 Å². The summed E-state index contributed by atoms with van der Waals surface area (Å²) in [7, 11) is 1.72. The van der Waals surface area contributed by atoms with Gasteiger partial charge in [-0.2, -0.15) is 0 Å². The standard InChI is InChI=1S/C15H19N3O2/c1-20-12-4-3-11(8-12)17-15(19)14-7-9-6-10(16)2-5-13(9)18-14/h2,5-7,11-12,18H,3-4,8,16H2,1H3,(H,17,19). The lowest BCUT2D eigenvalue weighted by atomic mass is 10.2. The molecule has 2 aromatic rings. The molecule has 1 fully saturated rings. The molecule has 1 heterocycles. The van der Waals surface area contributed by atoms with Gasteiger partial charge in [-0.15, -0.1) is 0 Å². The molecule has 106 valence electrons. The van der Waals surface area contributed by atoms with E-state index < -0.39 is 0 Å². The second-order valence-corrected chi connectivity index (χ2v) is 5.37. The van der Waals surface area contributed by atoms with Crippen molar-refractivity contribution in [2.75, 3.05) is 12.8 Å². The summed E-state index contributed by atoms with van der Waals surface area (Å²) in [5.74, 6) is -0.0680. The van der Waals surface area contributed by atoms with E-state index in [2.05, 4.69) is 10.3 Å². The zero-order valence-corrected chi connectivity index (χ0v) is 11.5. The molecule has 0 saturated heterocycles. The third-order valence-corrected chi connectivity index (χ3v) is 3.94. The second kappa shape index (κ2) is 5.17. The number of amides is 1. The number of benzene rings is 1. The van der Waals surface area contributed by atoms with Gasteiger partial charge in [-0.05, 0) is 43.5 Å². The van der Waals surface area contributed by atoms with E-state index >= 15 is 0 Å². The van der Waals surface area contributed by atoms with Crippen LogP contribution in [0.15, 0.2) is 24.3 Å². The van der Waals surface area contributed by atoms with Crippen molar-refractivity contribution >= 4 is 22.5 Å². The minimum atomic E-state index is -0.0680. The Morgan fingerprint density at radius 1 is 1.40 bits per heavy atom. The highest BCUT2D eigenvalue weighted by Crippen LogP contribution is 2.22. The largest absolute Gasteiger partial charge is 0.399 e. The fourth-order valence-corrected chi connectivity index (χ4v) is 2.82. The van der Waals surface area contributed by atoms with Crippen LogP contribution in [0.4, 0.5) is 5.69 Å². The number of nitrogens with two attached hydrogens (primary N) is 1. The van der Waals surface area contributed by atoms with E-state index in [0.29, 0.717) is 11.4 Å². The van der Waals surface area contributed by atoms with E-state index in [1.54, 1.807) is 7.11 Å². The first-order valence-corrected chi connectivity index (χ1v) is 6.87. The van der Waals surface area contributed by atoms with Crippen molar-refractivity contribution in [2.24, 2.45) is 0 Å². The van der Waals surface area contributed by atoms with E-state index in [9.17, 15) is 4.79 Å². The summed E-state index contributed by atoms with van der Waals surface area (Å²) < 4.78 is 5.32. The molecule has 20 heavy (non-hydrogen) atoms. The van der Waals surface area contributed by atoms with Crippen molar-refractivity contribution in [3.63, 3.8) is 0 Å². The van der Waals surface area contributed by atoms with Crippen LogP contribution in [0.1, 0.15) is 29.8 Å². The van der Waals surface area contributed by atoms with E-state index in [1.165, 1.54) is 0 Å². The molecule has 0 spiro atoms. The van der Waals surface area contributed by atoms with Crippen molar-refractivity contribution in [2.45, 2.75) is 31.4 Å². The Balaban J connectivity index is 1.72. The van der Waals surface area contributed by atoms with Crippen LogP contribution in [-0.2, 0) is 4.74 Å². The van der Waals surface area contributed by atoms with Crippen molar-refractivity contribution in [1.29, 1.82) is 0 Å². The fraction of sp³-hybridized carbons (Fsp3) is 0.400. The molecule has 0 bridgehead atoms. The lowest BCUT2D eigenvalue weighted by Gasteiger charge is -2.12. The van der Waals surface area contributed by atoms with E-state index in [1.807, 2.05) is 24.3 Å². The highest BCUT2D eigenvalue weighted by Gasteiger charge is 2.26. The highest BCUT2D eigenvalue weighted by molar-refractivity contribution is 5.98. The summed E-state index contributed by atoms with van der Waals surface area (Å²) >= 11 is 0. The van der Waals surface area contributed by atoms with Gasteiger partial charge in [-0.25, -0.2) is 0 Å².